The van der Waals surface area contributed by atoms with Crippen molar-refractivity contribution in [3.8, 4) is 0 Å². The van der Waals surface area contributed by atoms with E-state index in [1.165, 1.54) is 89.9 Å². The Morgan fingerprint density at radius 1 is 0.625 bits per heavy atom. The van der Waals surface area contributed by atoms with E-state index in [0.29, 0.717) is 11.5 Å². The van der Waals surface area contributed by atoms with E-state index in [0.717, 1.165) is 19.6 Å². The van der Waals surface area contributed by atoms with Crippen LogP contribution in [-0.2, 0) is 9.84 Å². The van der Waals surface area contributed by atoms with E-state index in [1.807, 2.05) is 0 Å². The van der Waals surface area contributed by atoms with Gasteiger partial charge in [0.05, 0.1) is 11.5 Å². The largest absolute Gasteiger partial charge is 0.301 e. The molecule has 24 heavy (non-hydrogen) atoms. The topological polar surface area (TPSA) is 37.4 Å². The summed E-state index contributed by atoms with van der Waals surface area (Å²) < 4.78 is 22.7. The maximum atomic E-state index is 11.4. The van der Waals surface area contributed by atoms with Gasteiger partial charge >= 0.3 is 0 Å². The SMILES string of the molecule is CCCCCCCCCCCCCCCCN1CCS(=O)(=O)CC1. The van der Waals surface area contributed by atoms with Gasteiger partial charge in [0.15, 0.2) is 9.84 Å². The Bertz CT molecular complexity index is 367. The molecule has 1 aliphatic rings. The Morgan fingerprint density at radius 3 is 1.42 bits per heavy atom. The van der Waals surface area contributed by atoms with Crippen LogP contribution >= 0.6 is 0 Å². The third-order valence-corrected chi connectivity index (χ3v) is 6.87. The molecule has 1 rings (SSSR count). The van der Waals surface area contributed by atoms with Crippen LogP contribution in [0.15, 0.2) is 0 Å². The molecule has 1 saturated heterocycles. The molecule has 144 valence electrons. The Hall–Kier alpha value is -0.0900. The molecule has 4 heteroatoms. The third kappa shape index (κ3) is 12.3. The van der Waals surface area contributed by atoms with Crippen molar-refractivity contribution in [1.82, 2.24) is 4.90 Å². The van der Waals surface area contributed by atoms with Crippen LogP contribution in [0.3, 0.4) is 0 Å². The molecule has 3 nitrogen and oxygen atoms in total. The van der Waals surface area contributed by atoms with Crippen molar-refractivity contribution in [2.24, 2.45) is 0 Å². The van der Waals surface area contributed by atoms with E-state index in [1.54, 1.807) is 0 Å². The summed E-state index contributed by atoms with van der Waals surface area (Å²) in [5.74, 6) is 0.733. The van der Waals surface area contributed by atoms with Crippen LogP contribution in [0.1, 0.15) is 96.8 Å². The second kappa shape index (κ2) is 14.1. The predicted molar refractivity (Wildman–Crippen MR) is 105 cm³/mol. The lowest BCUT2D eigenvalue weighted by atomic mass is 10.0. The van der Waals surface area contributed by atoms with Gasteiger partial charge in [0.2, 0.25) is 0 Å². The van der Waals surface area contributed by atoms with Crippen LogP contribution < -0.4 is 0 Å². The van der Waals surface area contributed by atoms with Gasteiger partial charge in [-0.1, -0.05) is 90.4 Å². The summed E-state index contributed by atoms with van der Waals surface area (Å²) in [7, 11) is -2.72. The zero-order valence-corrected chi connectivity index (χ0v) is 16.9. The fourth-order valence-electron chi connectivity index (χ4n) is 3.50. The standard InChI is InChI=1S/C20H41NO2S/c1-2-3-4-5-6-7-8-9-10-11-12-13-14-15-16-21-17-19-24(22,23)20-18-21/h2-20H2,1H3. The molecule has 1 fully saturated rings. The van der Waals surface area contributed by atoms with Gasteiger partial charge in [-0.2, -0.15) is 0 Å². The Labute approximate surface area is 151 Å². The summed E-state index contributed by atoms with van der Waals surface area (Å²) in [4.78, 5) is 2.32. The van der Waals surface area contributed by atoms with Crippen molar-refractivity contribution in [3.63, 3.8) is 0 Å². The summed E-state index contributed by atoms with van der Waals surface area (Å²) in [5.41, 5.74) is 0. The van der Waals surface area contributed by atoms with Crippen molar-refractivity contribution >= 4 is 9.84 Å². The van der Waals surface area contributed by atoms with Crippen molar-refractivity contribution in [2.45, 2.75) is 96.8 Å². The summed E-state index contributed by atoms with van der Waals surface area (Å²) >= 11 is 0. The lowest BCUT2D eigenvalue weighted by Crippen LogP contribution is -2.40. The van der Waals surface area contributed by atoms with Crippen LogP contribution in [0.4, 0.5) is 0 Å². The van der Waals surface area contributed by atoms with Crippen LogP contribution in [0.2, 0.25) is 0 Å². The molecule has 0 spiro atoms. The summed E-state index contributed by atoms with van der Waals surface area (Å²) in [6, 6.07) is 0. The van der Waals surface area contributed by atoms with Gasteiger partial charge in [0.25, 0.3) is 0 Å². The lowest BCUT2D eigenvalue weighted by molar-refractivity contribution is 0.287. The van der Waals surface area contributed by atoms with Gasteiger partial charge in [-0.3, -0.25) is 0 Å². The Kier molecular flexibility index (Phi) is 12.9. The maximum Gasteiger partial charge on any atom is 0.152 e. The van der Waals surface area contributed by atoms with Gasteiger partial charge in [0.1, 0.15) is 0 Å². The zero-order valence-electron chi connectivity index (χ0n) is 16.1. The van der Waals surface area contributed by atoms with Crippen LogP contribution in [0.5, 0.6) is 0 Å². The lowest BCUT2D eigenvalue weighted by Gasteiger charge is -2.26. The number of nitrogens with zero attached hydrogens (tertiary/aromatic N) is 1. The monoisotopic (exact) mass is 359 g/mol. The predicted octanol–water partition coefficient (Wildman–Crippen LogP) is 5.20. The highest BCUT2D eigenvalue weighted by atomic mass is 32.2. The van der Waals surface area contributed by atoms with E-state index in [4.69, 9.17) is 0 Å². The third-order valence-electron chi connectivity index (χ3n) is 5.26. The van der Waals surface area contributed by atoms with Gasteiger partial charge < -0.3 is 4.90 Å². The molecule has 0 saturated carbocycles. The normalized spacial score (nSPS) is 18.0. The van der Waals surface area contributed by atoms with E-state index in [9.17, 15) is 8.42 Å². The van der Waals surface area contributed by atoms with Gasteiger partial charge in [0, 0.05) is 13.1 Å². The van der Waals surface area contributed by atoms with Gasteiger partial charge in [-0.25, -0.2) is 8.42 Å². The average molecular weight is 360 g/mol. The number of hydrogen-bond donors (Lipinski definition) is 0. The molecule has 0 amide bonds. The highest BCUT2D eigenvalue weighted by Crippen LogP contribution is 2.13. The molecule has 0 aromatic carbocycles. The highest BCUT2D eigenvalue weighted by molar-refractivity contribution is 7.91. The molecule has 0 unspecified atom stereocenters. The van der Waals surface area contributed by atoms with Gasteiger partial charge in [-0.05, 0) is 13.0 Å². The molecule has 0 bridgehead atoms. The molecule has 0 radical (unpaired) electrons. The quantitative estimate of drug-likeness (QED) is 0.377. The first-order chi connectivity index (χ1) is 11.6. The average Bonchev–Trinajstić information content (AvgIpc) is 2.56. The Morgan fingerprint density at radius 2 is 1.00 bits per heavy atom. The molecule has 1 aliphatic heterocycles. The molecule has 1 heterocycles. The zero-order chi connectivity index (χ0) is 17.5. The molecular weight excluding hydrogens is 318 g/mol. The highest BCUT2D eigenvalue weighted by Gasteiger charge is 2.20. The Balaban J connectivity index is 1.75. The van der Waals surface area contributed by atoms with E-state index >= 15 is 0 Å². The molecule has 0 aromatic heterocycles. The van der Waals surface area contributed by atoms with Crippen molar-refractivity contribution in [2.75, 3.05) is 31.1 Å². The molecule has 0 N–H and O–H groups in total. The first-order valence-electron chi connectivity index (χ1n) is 10.6. The molecular formula is C20H41NO2S. The number of sulfone groups is 1. The smallest absolute Gasteiger partial charge is 0.152 e. The van der Waals surface area contributed by atoms with E-state index < -0.39 is 9.84 Å². The minimum absolute atomic E-state index is 0.367. The number of rotatable bonds is 15. The number of unbranched alkanes of at least 4 members (excludes halogenated alkanes) is 13. The first-order valence-corrected chi connectivity index (χ1v) is 12.4. The summed E-state index contributed by atoms with van der Waals surface area (Å²) in [6.45, 7) is 4.87. The molecule has 0 atom stereocenters. The van der Waals surface area contributed by atoms with Crippen LogP contribution in [0.25, 0.3) is 0 Å². The summed E-state index contributed by atoms with van der Waals surface area (Å²) in [6.07, 6.45) is 19.5. The minimum Gasteiger partial charge on any atom is -0.301 e. The number of hydrogen-bond acceptors (Lipinski definition) is 3. The van der Waals surface area contributed by atoms with Crippen molar-refractivity contribution in [1.29, 1.82) is 0 Å². The first kappa shape index (κ1) is 22.0. The van der Waals surface area contributed by atoms with Crippen LogP contribution in [-0.4, -0.2) is 44.5 Å². The summed E-state index contributed by atoms with van der Waals surface area (Å²) in [5, 5.41) is 0. The second-order valence-electron chi connectivity index (χ2n) is 7.59. The van der Waals surface area contributed by atoms with Crippen LogP contribution in [0, 0.1) is 0 Å². The second-order valence-corrected chi connectivity index (χ2v) is 9.89. The van der Waals surface area contributed by atoms with E-state index in [-0.39, 0.29) is 0 Å². The fraction of sp³-hybridized carbons (Fsp3) is 1.00. The van der Waals surface area contributed by atoms with Crippen molar-refractivity contribution < 1.29 is 8.42 Å². The van der Waals surface area contributed by atoms with Gasteiger partial charge in [-0.15, -0.1) is 0 Å². The minimum atomic E-state index is -2.72. The van der Waals surface area contributed by atoms with Crippen molar-refractivity contribution in [3.05, 3.63) is 0 Å². The fourth-order valence-corrected chi connectivity index (χ4v) is 4.78. The molecule has 0 aliphatic carbocycles. The van der Waals surface area contributed by atoms with E-state index in [2.05, 4.69) is 11.8 Å². The molecule has 0 aromatic rings. The maximum absolute atomic E-state index is 11.4.